The molecule has 0 amide bonds. The van der Waals surface area contributed by atoms with Gasteiger partial charge < -0.3 is 14.4 Å². The summed E-state index contributed by atoms with van der Waals surface area (Å²) in [5.41, 5.74) is 7.19. The van der Waals surface area contributed by atoms with E-state index >= 15 is 0 Å². The molecule has 0 spiro atoms. The Labute approximate surface area is 265 Å². The molecule has 3 aromatic carbocycles. The van der Waals surface area contributed by atoms with Gasteiger partial charge in [0.25, 0.3) is 0 Å². The molecule has 0 saturated carbocycles. The average molecular weight is 641 g/mol. The molecule has 4 heterocycles. The molecule has 228 valence electrons. The van der Waals surface area contributed by atoms with E-state index in [9.17, 15) is 12.8 Å². The predicted molar refractivity (Wildman–Crippen MR) is 179 cm³/mol. The highest BCUT2D eigenvalue weighted by molar-refractivity contribution is 7.92. The highest BCUT2D eigenvalue weighted by Crippen LogP contribution is 2.44. The van der Waals surface area contributed by atoms with Crippen LogP contribution in [-0.2, 0) is 23.0 Å². The number of para-hydroxylation sites is 1. The van der Waals surface area contributed by atoms with Crippen molar-refractivity contribution in [2.75, 3.05) is 17.6 Å². The van der Waals surface area contributed by atoms with Gasteiger partial charge in [0, 0.05) is 52.8 Å². The SMILES string of the molecule is CCC(=N)c1c(-c2ccc(F)cc2)oc2cc(N(C)S(C)(=O)=O)c(-c3ccc4c(n3)-c3c(Cl)c5ccccc5n3CCC4)cc12. The summed E-state index contributed by atoms with van der Waals surface area (Å²) in [5.74, 6) is 0.0444. The first-order valence-electron chi connectivity index (χ1n) is 14.7. The first-order chi connectivity index (χ1) is 21.6. The van der Waals surface area contributed by atoms with Crippen LogP contribution < -0.4 is 4.31 Å². The first kappa shape index (κ1) is 29.3. The molecule has 0 bridgehead atoms. The number of hydrogen-bond donors (Lipinski definition) is 1. The lowest BCUT2D eigenvalue weighted by Crippen LogP contribution is -2.25. The number of rotatable bonds is 6. The molecular weight excluding hydrogens is 611 g/mol. The number of aromatic nitrogens is 2. The predicted octanol–water partition coefficient (Wildman–Crippen LogP) is 8.70. The van der Waals surface area contributed by atoms with Crippen LogP contribution in [-0.4, -0.2) is 37.0 Å². The molecule has 45 heavy (non-hydrogen) atoms. The number of benzene rings is 3. The second kappa shape index (κ2) is 10.9. The Morgan fingerprint density at radius 3 is 2.58 bits per heavy atom. The van der Waals surface area contributed by atoms with Crippen molar-refractivity contribution >= 4 is 54.9 Å². The zero-order valence-electron chi connectivity index (χ0n) is 25.0. The zero-order valence-corrected chi connectivity index (χ0v) is 26.6. The van der Waals surface area contributed by atoms with Gasteiger partial charge in [-0.05, 0) is 67.3 Å². The summed E-state index contributed by atoms with van der Waals surface area (Å²) in [6, 6.07) is 21.5. The van der Waals surface area contributed by atoms with Gasteiger partial charge in [-0.2, -0.15) is 0 Å². The molecule has 0 fully saturated rings. The van der Waals surface area contributed by atoms with Gasteiger partial charge in [0.2, 0.25) is 10.0 Å². The Bertz CT molecular complexity index is 2270. The van der Waals surface area contributed by atoms with Crippen molar-refractivity contribution in [3.63, 3.8) is 0 Å². The van der Waals surface area contributed by atoms with E-state index in [1.807, 2.05) is 43.3 Å². The summed E-state index contributed by atoms with van der Waals surface area (Å²) in [7, 11) is -2.18. The van der Waals surface area contributed by atoms with Crippen LogP contribution in [0, 0.1) is 11.2 Å². The minimum absolute atomic E-state index is 0.342. The monoisotopic (exact) mass is 640 g/mol. The highest BCUT2D eigenvalue weighted by atomic mass is 35.5. The molecule has 0 radical (unpaired) electrons. The van der Waals surface area contributed by atoms with E-state index in [1.165, 1.54) is 23.5 Å². The van der Waals surface area contributed by atoms with Crippen LogP contribution in [0.4, 0.5) is 10.1 Å². The Balaban J connectivity index is 1.52. The molecule has 0 aliphatic carbocycles. The third-order valence-electron chi connectivity index (χ3n) is 8.62. The number of sulfonamides is 1. The lowest BCUT2D eigenvalue weighted by molar-refractivity contribution is 0.600. The van der Waals surface area contributed by atoms with Gasteiger partial charge in [-0.15, -0.1) is 0 Å². The third-order valence-corrected chi connectivity index (χ3v) is 10.2. The number of hydrogen-bond acceptors (Lipinski definition) is 5. The maximum absolute atomic E-state index is 13.8. The van der Waals surface area contributed by atoms with Crippen LogP contribution in [0.15, 0.2) is 77.2 Å². The van der Waals surface area contributed by atoms with Crippen LogP contribution in [0.25, 0.3) is 55.8 Å². The standard InChI is InChI=1S/C35H30ClFN4O3S/c1-4-26(38)31-25-18-24(29(40(2)45(3,42)43)19-30(25)44-35(31)21-11-14-22(37)15-12-21)27-16-13-20-8-7-17-41-28-10-6-5-9-23(28)32(36)34(41)33(20)39-27/h5-6,9-16,18-19,38H,4,7-8,17H2,1-3H3. The van der Waals surface area contributed by atoms with E-state index in [-0.39, 0.29) is 5.82 Å². The van der Waals surface area contributed by atoms with Crippen molar-refractivity contribution in [2.24, 2.45) is 0 Å². The molecule has 3 aromatic heterocycles. The van der Waals surface area contributed by atoms with Crippen molar-refractivity contribution < 1.29 is 17.2 Å². The van der Waals surface area contributed by atoms with Crippen LogP contribution in [0.1, 0.15) is 30.9 Å². The van der Waals surface area contributed by atoms with Gasteiger partial charge in [0.1, 0.15) is 17.2 Å². The normalized spacial score (nSPS) is 13.1. The van der Waals surface area contributed by atoms with Crippen molar-refractivity contribution in [3.05, 3.63) is 94.8 Å². The fourth-order valence-corrected chi connectivity index (χ4v) is 7.11. The van der Waals surface area contributed by atoms with Gasteiger partial charge in [-0.3, -0.25) is 4.31 Å². The Kier molecular flexibility index (Phi) is 7.06. The minimum Gasteiger partial charge on any atom is -0.455 e. The average Bonchev–Trinajstić information content (AvgIpc) is 3.46. The van der Waals surface area contributed by atoms with Crippen LogP contribution in [0.5, 0.6) is 0 Å². The molecule has 0 unspecified atom stereocenters. The van der Waals surface area contributed by atoms with Gasteiger partial charge in [-0.25, -0.2) is 17.8 Å². The number of fused-ring (bicyclic) bond motifs is 6. The fourth-order valence-electron chi connectivity index (χ4n) is 6.25. The van der Waals surface area contributed by atoms with Crippen LogP contribution in [0.2, 0.25) is 5.02 Å². The summed E-state index contributed by atoms with van der Waals surface area (Å²) in [4.78, 5) is 5.19. The van der Waals surface area contributed by atoms with Gasteiger partial charge in [0.15, 0.2) is 0 Å². The van der Waals surface area contributed by atoms with Crippen LogP contribution >= 0.6 is 11.6 Å². The first-order valence-corrected chi connectivity index (χ1v) is 16.9. The van der Waals surface area contributed by atoms with E-state index in [1.54, 1.807) is 18.2 Å². The van der Waals surface area contributed by atoms with E-state index in [2.05, 4.69) is 10.6 Å². The molecule has 10 heteroatoms. The molecule has 6 aromatic rings. The molecular formula is C35H30ClFN4O3S. The molecule has 1 aliphatic rings. The number of nitrogens with one attached hydrogen (secondary N) is 1. The van der Waals surface area contributed by atoms with E-state index < -0.39 is 10.0 Å². The molecule has 1 aliphatic heterocycles. The molecule has 0 atom stereocenters. The van der Waals surface area contributed by atoms with Gasteiger partial charge in [0.05, 0.1) is 39.6 Å². The quantitative estimate of drug-likeness (QED) is 0.184. The second-order valence-electron chi connectivity index (χ2n) is 11.4. The lowest BCUT2D eigenvalue weighted by atomic mass is 9.97. The zero-order chi connectivity index (χ0) is 31.6. The van der Waals surface area contributed by atoms with Crippen molar-refractivity contribution in [3.8, 4) is 34.0 Å². The summed E-state index contributed by atoms with van der Waals surface area (Å²) >= 11 is 7.03. The third kappa shape index (κ3) is 4.82. The number of pyridine rings is 1. The molecule has 1 N–H and O–H groups in total. The second-order valence-corrected chi connectivity index (χ2v) is 13.8. The van der Waals surface area contributed by atoms with E-state index in [0.29, 0.717) is 62.0 Å². The molecule has 7 nitrogen and oxygen atoms in total. The van der Waals surface area contributed by atoms with Crippen LogP contribution in [0.3, 0.4) is 0 Å². The maximum Gasteiger partial charge on any atom is 0.232 e. The Morgan fingerprint density at radius 1 is 1.09 bits per heavy atom. The molecule has 0 saturated heterocycles. The number of aryl methyl sites for hydroxylation is 2. The van der Waals surface area contributed by atoms with Crippen molar-refractivity contribution in [1.82, 2.24) is 9.55 Å². The minimum atomic E-state index is -3.68. The summed E-state index contributed by atoms with van der Waals surface area (Å²) in [5, 5.41) is 11.1. The maximum atomic E-state index is 13.8. The lowest BCUT2D eigenvalue weighted by Gasteiger charge is -2.21. The number of furan rings is 1. The van der Waals surface area contributed by atoms with E-state index in [4.69, 9.17) is 26.4 Å². The highest BCUT2D eigenvalue weighted by Gasteiger charge is 2.27. The topological polar surface area (TPSA) is 92.2 Å². The summed E-state index contributed by atoms with van der Waals surface area (Å²) in [6.45, 7) is 2.69. The number of halogens is 2. The Morgan fingerprint density at radius 2 is 1.84 bits per heavy atom. The number of anilines is 1. The molecule has 7 rings (SSSR count). The van der Waals surface area contributed by atoms with Crippen molar-refractivity contribution in [1.29, 1.82) is 5.41 Å². The van der Waals surface area contributed by atoms with Crippen molar-refractivity contribution in [2.45, 2.75) is 32.7 Å². The smallest absolute Gasteiger partial charge is 0.232 e. The largest absolute Gasteiger partial charge is 0.455 e. The Hall–Kier alpha value is -4.47. The summed E-state index contributed by atoms with van der Waals surface area (Å²) in [6.07, 6.45) is 3.33. The fraction of sp³-hybridized carbons (Fsp3) is 0.200. The van der Waals surface area contributed by atoms with Gasteiger partial charge >= 0.3 is 0 Å². The van der Waals surface area contributed by atoms with Gasteiger partial charge in [-0.1, -0.05) is 42.8 Å². The number of nitrogens with zero attached hydrogens (tertiary/aromatic N) is 3. The van der Waals surface area contributed by atoms with E-state index in [0.717, 1.165) is 53.5 Å². The summed E-state index contributed by atoms with van der Waals surface area (Å²) < 4.78 is 49.4.